The molecule has 12 heavy (non-hydrogen) atoms. The van der Waals surface area contributed by atoms with Gasteiger partial charge in [-0.3, -0.25) is 0 Å². The molecule has 3 N–H and O–H groups in total. The summed E-state index contributed by atoms with van der Waals surface area (Å²) in [6.07, 6.45) is 8.22. The van der Waals surface area contributed by atoms with Gasteiger partial charge in [-0.15, -0.1) is 0 Å². The lowest BCUT2D eigenvalue weighted by Gasteiger charge is -2.25. The van der Waals surface area contributed by atoms with Crippen LogP contribution < -0.4 is 11.1 Å². The minimum atomic E-state index is 0.194. The first kappa shape index (κ1) is 8.52. The van der Waals surface area contributed by atoms with Crippen LogP contribution in [0, 0.1) is 5.92 Å². The molecule has 70 valence electrons. The van der Waals surface area contributed by atoms with Gasteiger partial charge in [-0.05, 0) is 31.7 Å². The van der Waals surface area contributed by atoms with Gasteiger partial charge in [-0.1, -0.05) is 19.3 Å². The van der Waals surface area contributed by atoms with Gasteiger partial charge in [0.05, 0.1) is 0 Å². The van der Waals surface area contributed by atoms with Crippen LogP contribution in [0.3, 0.4) is 0 Å². The summed E-state index contributed by atoms with van der Waals surface area (Å²) in [7, 11) is 0. The van der Waals surface area contributed by atoms with E-state index in [1.54, 1.807) is 0 Å². The van der Waals surface area contributed by atoms with Gasteiger partial charge in [0, 0.05) is 12.1 Å². The Balaban J connectivity index is 1.46. The van der Waals surface area contributed by atoms with Gasteiger partial charge in [0.15, 0.2) is 0 Å². The Hall–Kier alpha value is -0.0800. The summed E-state index contributed by atoms with van der Waals surface area (Å²) >= 11 is 0. The third kappa shape index (κ3) is 2.20. The van der Waals surface area contributed by atoms with E-state index >= 15 is 0 Å². The second kappa shape index (κ2) is 3.35. The maximum atomic E-state index is 5.95. The summed E-state index contributed by atoms with van der Waals surface area (Å²) in [5.74, 6) is 1.03. The predicted octanol–water partition coefficient (Wildman–Crippen LogP) is 1.26. The topological polar surface area (TPSA) is 38.0 Å². The fraction of sp³-hybridized carbons (Fsp3) is 1.00. The van der Waals surface area contributed by atoms with Crippen LogP contribution in [0.2, 0.25) is 0 Å². The van der Waals surface area contributed by atoms with Crippen molar-refractivity contribution in [2.24, 2.45) is 11.7 Å². The highest BCUT2D eigenvalue weighted by molar-refractivity contribution is 5.00. The zero-order chi connectivity index (χ0) is 8.44. The second-order valence-corrected chi connectivity index (χ2v) is 4.62. The molecule has 0 bridgehead atoms. The fourth-order valence-corrected chi connectivity index (χ4v) is 1.76. The molecule has 0 atom stereocenters. The lowest BCUT2D eigenvalue weighted by molar-refractivity contribution is 0.291. The highest BCUT2D eigenvalue weighted by Gasteiger charge is 2.37. The minimum absolute atomic E-state index is 0.194. The smallest absolute Gasteiger partial charge is 0.0282 e. The standard InChI is InChI=1S/C10H20N2/c11-10(5-6-10)8-12-7-4-9-2-1-3-9/h9,12H,1-8,11H2. The van der Waals surface area contributed by atoms with Crippen LogP contribution in [0.25, 0.3) is 0 Å². The second-order valence-electron chi connectivity index (χ2n) is 4.62. The van der Waals surface area contributed by atoms with Crippen molar-refractivity contribution in [1.29, 1.82) is 0 Å². The van der Waals surface area contributed by atoms with E-state index in [1.165, 1.54) is 45.1 Å². The molecule has 2 rings (SSSR count). The van der Waals surface area contributed by atoms with Crippen molar-refractivity contribution in [1.82, 2.24) is 5.32 Å². The summed E-state index contributed by atoms with van der Waals surface area (Å²) < 4.78 is 0. The van der Waals surface area contributed by atoms with Gasteiger partial charge in [-0.25, -0.2) is 0 Å². The van der Waals surface area contributed by atoms with Crippen molar-refractivity contribution < 1.29 is 0 Å². The summed E-state index contributed by atoms with van der Waals surface area (Å²) in [4.78, 5) is 0. The van der Waals surface area contributed by atoms with Crippen LogP contribution >= 0.6 is 0 Å². The van der Waals surface area contributed by atoms with E-state index in [1.807, 2.05) is 0 Å². The van der Waals surface area contributed by atoms with Gasteiger partial charge in [0.25, 0.3) is 0 Å². The zero-order valence-electron chi connectivity index (χ0n) is 7.81. The molecule has 0 aromatic heterocycles. The third-order valence-corrected chi connectivity index (χ3v) is 3.32. The van der Waals surface area contributed by atoms with Gasteiger partial charge < -0.3 is 11.1 Å². The van der Waals surface area contributed by atoms with Crippen LogP contribution in [0.1, 0.15) is 38.5 Å². The number of rotatable bonds is 5. The van der Waals surface area contributed by atoms with E-state index in [9.17, 15) is 0 Å². The molecule has 0 aliphatic heterocycles. The third-order valence-electron chi connectivity index (χ3n) is 3.32. The lowest BCUT2D eigenvalue weighted by atomic mass is 9.83. The summed E-state index contributed by atoms with van der Waals surface area (Å²) in [6, 6.07) is 0. The van der Waals surface area contributed by atoms with Gasteiger partial charge >= 0.3 is 0 Å². The number of nitrogens with one attached hydrogen (secondary N) is 1. The van der Waals surface area contributed by atoms with Gasteiger partial charge in [-0.2, -0.15) is 0 Å². The first-order valence-corrected chi connectivity index (χ1v) is 5.28. The van der Waals surface area contributed by atoms with Crippen molar-refractivity contribution in [3.63, 3.8) is 0 Å². The maximum Gasteiger partial charge on any atom is 0.0282 e. The molecule has 0 radical (unpaired) electrons. The fourth-order valence-electron chi connectivity index (χ4n) is 1.76. The number of nitrogens with two attached hydrogens (primary N) is 1. The summed E-state index contributed by atoms with van der Waals surface area (Å²) in [6.45, 7) is 2.23. The van der Waals surface area contributed by atoms with Crippen LogP contribution in [0.5, 0.6) is 0 Å². The number of hydrogen-bond donors (Lipinski definition) is 2. The normalized spacial score (nSPS) is 26.8. The van der Waals surface area contributed by atoms with Crippen molar-refractivity contribution >= 4 is 0 Å². The average Bonchev–Trinajstić information content (AvgIpc) is 2.65. The maximum absolute atomic E-state index is 5.95. The predicted molar refractivity (Wildman–Crippen MR) is 51.0 cm³/mol. The van der Waals surface area contributed by atoms with Crippen molar-refractivity contribution in [3.05, 3.63) is 0 Å². The molecule has 2 nitrogen and oxygen atoms in total. The van der Waals surface area contributed by atoms with Crippen molar-refractivity contribution in [2.75, 3.05) is 13.1 Å². The molecular formula is C10H20N2. The quantitative estimate of drug-likeness (QED) is 0.606. The molecule has 2 heteroatoms. The van der Waals surface area contributed by atoms with Gasteiger partial charge in [0.1, 0.15) is 0 Å². The van der Waals surface area contributed by atoms with E-state index < -0.39 is 0 Å². The van der Waals surface area contributed by atoms with E-state index in [-0.39, 0.29) is 5.54 Å². The highest BCUT2D eigenvalue weighted by Crippen LogP contribution is 2.31. The van der Waals surface area contributed by atoms with Crippen LogP contribution in [-0.2, 0) is 0 Å². The molecule has 0 spiro atoms. The molecule has 0 aromatic rings. The molecule has 0 aromatic carbocycles. The Morgan fingerprint density at radius 2 is 2.08 bits per heavy atom. The van der Waals surface area contributed by atoms with E-state index in [4.69, 9.17) is 5.73 Å². The average molecular weight is 168 g/mol. The summed E-state index contributed by atoms with van der Waals surface area (Å²) in [5.41, 5.74) is 6.14. The van der Waals surface area contributed by atoms with Crippen LogP contribution in [0.4, 0.5) is 0 Å². The van der Waals surface area contributed by atoms with Crippen LogP contribution in [-0.4, -0.2) is 18.6 Å². The van der Waals surface area contributed by atoms with Crippen molar-refractivity contribution in [3.8, 4) is 0 Å². The molecule has 2 aliphatic carbocycles. The summed E-state index contributed by atoms with van der Waals surface area (Å²) in [5, 5.41) is 3.46. The molecule has 0 heterocycles. The van der Waals surface area contributed by atoms with Crippen LogP contribution in [0.15, 0.2) is 0 Å². The molecule has 0 unspecified atom stereocenters. The monoisotopic (exact) mass is 168 g/mol. The number of hydrogen-bond acceptors (Lipinski definition) is 2. The largest absolute Gasteiger partial charge is 0.324 e. The Morgan fingerprint density at radius 1 is 1.33 bits per heavy atom. The molecule has 0 saturated heterocycles. The van der Waals surface area contributed by atoms with Gasteiger partial charge in [0.2, 0.25) is 0 Å². The highest BCUT2D eigenvalue weighted by atomic mass is 15.0. The van der Waals surface area contributed by atoms with E-state index in [0.717, 1.165) is 12.5 Å². The Labute approximate surface area is 74.9 Å². The molecular weight excluding hydrogens is 148 g/mol. The zero-order valence-corrected chi connectivity index (χ0v) is 7.81. The molecule has 2 aliphatic rings. The molecule has 0 amide bonds. The first-order valence-electron chi connectivity index (χ1n) is 5.28. The van der Waals surface area contributed by atoms with E-state index in [0.29, 0.717) is 0 Å². The molecule has 2 fully saturated rings. The Bertz CT molecular complexity index is 148. The molecule has 2 saturated carbocycles. The van der Waals surface area contributed by atoms with E-state index in [2.05, 4.69) is 5.32 Å². The Kier molecular flexibility index (Phi) is 2.37. The Morgan fingerprint density at radius 3 is 2.58 bits per heavy atom. The first-order chi connectivity index (χ1) is 5.79. The van der Waals surface area contributed by atoms with Crippen molar-refractivity contribution in [2.45, 2.75) is 44.1 Å². The SMILES string of the molecule is NC1(CNCCC2CCC2)CC1. The minimum Gasteiger partial charge on any atom is -0.324 e. The lowest BCUT2D eigenvalue weighted by Crippen LogP contribution is -2.36.